The molecule has 2 aliphatic rings. The van der Waals surface area contributed by atoms with Crippen molar-refractivity contribution >= 4 is 30.1 Å². The van der Waals surface area contributed by atoms with Crippen molar-refractivity contribution < 1.29 is 14.4 Å². The van der Waals surface area contributed by atoms with Crippen LogP contribution in [0.4, 0.5) is 0 Å². The molecule has 0 radical (unpaired) electrons. The zero-order valence-electron chi connectivity index (χ0n) is 16.3. The summed E-state index contributed by atoms with van der Waals surface area (Å²) in [5, 5.41) is 0. The van der Waals surface area contributed by atoms with Crippen molar-refractivity contribution in [2.75, 3.05) is 19.6 Å². The number of carbonyl (C=O) groups is 3. The molecule has 152 valence electrons. The molecule has 2 N–H and O–H groups in total. The molecule has 0 aliphatic carbocycles. The number of hydrogen-bond donors (Lipinski definition) is 1. The fourth-order valence-corrected chi connectivity index (χ4v) is 3.88. The highest BCUT2D eigenvalue weighted by molar-refractivity contribution is 6.22. The molecule has 2 aromatic carbocycles. The lowest BCUT2D eigenvalue weighted by Gasteiger charge is -2.22. The van der Waals surface area contributed by atoms with Gasteiger partial charge in [0.25, 0.3) is 17.7 Å². The van der Waals surface area contributed by atoms with Crippen molar-refractivity contribution in [2.45, 2.75) is 19.9 Å². The molecule has 2 heterocycles. The normalized spacial score (nSPS) is 20.6. The number of benzene rings is 2. The lowest BCUT2D eigenvalue weighted by atomic mass is 9.90. The number of imide groups is 1. The van der Waals surface area contributed by atoms with Crippen molar-refractivity contribution in [2.24, 2.45) is 11.1 Å². The highest BCUT2D eigenvalue weighted by atomic mass is 35.5. The van der Waals surface area contributed by atoms with Gasteiger partial charge in [0.05, 0.1) is 17.7 Å². The van der Waals surface area contributed by atoms with E-state index in [2.05, 4.69) is 6.92 Å². The highest BCUT2D eigenvalue weighted by Crippen LogP contribution is 2.31. The minimum Gasteiger partial charge on any atom is -0.338 e. The number of nitrogens with zero attached hydrogens (tertiary/aromatic N) is 2. The number of halogens is 1. The molecule has 4 rings (SSSR count). The Kier molecular flexibility index (Phi) is 5.78. The SMILES string of the molecule is CC1(CN)CCN(C(=O)c2ccc3c(c2)C(=O)N(Cc2ccccc2)C3=O)C1.Cl. The zero-order chi connectivity index (χ0) is 19.9. The average molecular weight is 414 g/mol. The second kappa shape index (κ2) is 7.97. The molecule has 1 saturated heterocycles. The largest absolute Gasteiger partial charge is 0.338 e. The minimum atomic E-state index is -0.355. The maximum absolute atomic E-state index is 12.9. The van der Waals surface area contributed by atoms with E-state index in [1.165, 1.54) is 4.90 Å². The van der Waals surface area contributed by atoms with Gasteiger partial charge in [0.2, 0.25) is 0 Å². The number of likely N-dealkylation sites (tertiary alicyclic amines) is 1. The van der Waals surface area contributed by atoms with Gasteiger partial charge in [-0.1, -0.05) is 37.3 Å². The van der Waals surface area contributed by atoms with Crippen molar-refractivity contribution in [3.8, 4) is 0 Å². The lowest BCUT2D eigenvalue weighted by molar-refractivity contribution is 0.0642. The molecule has 1 unspecified atom stereocenters. The van der Waals surface area contributed by atoms with Gasteiger partial charge in [-0.15, -0.1) is 12.4 Å². The van der Waals surface area contributed by atoms with Crippen molar-refractivity contribution in [1.29, 1.82) is 0 Å². The van der Waals surface area contributed by atoms with Crippen LogP contribution in [0.3, 0.4) is 0 Å². The van der Waals surface area contributed by atoms with E-state index >= 15 is 0 Å². The first-order valence-corrected chi connectivity index (χ1v) is 9.45. The summed E-state index contributed by atoms with van der Waals surface area (Å²) in [6.45, 7) is 4.08. The van der Waals surface area contributed by atoms with Gasteiger partial charge in [0.1, 0.15) is 0 Å². The maximum atomic E-state index is 12.9. The van der Waals surface area contributed by atoms with Crippen molar-refractivity contribution in [3.05, 3.63) is 70.8 Å². The number of nitrogens with two attached hydrogens (primary N) is 1. The zero-order valence-corrected chi connectivity index (χ0v) is 17.1. The van der Waals surface area contributed by atoms with E-state index in [1.54, 1.807) is 23.1 Å². The third kappa shape index (κ3) is 3.78. The molecule has 1 atom stereocenters. The average Bonchev–Trinajstić information content (AvgIpc) is 3.23. The van der Waals surface area contributed by atoms with Crippen LogP contribution in [0.15, 0.2) is 48.5 Å². The molecule has 0 aromatic heterocycles. The van der Waals surface area contributed by atoms with Crippen LogP contribution in [0.5, 0.6) is 0 Å². The summed E-state index contributed by atoms with van der Waals surface area (Å²) in [4.78, 5) is 41.4. The van der Waals surface area contributed by atoms with Gasteiger partial charge < -0.3 is 10.6 Å². The molecule has 29 heavy (non-hydrogen) atoms. The van der Waals surface area contributed by atoms with Crippen LogP contribution < -0.4 is 5.73 Å². The van der Waals surface area contributed by atoms with Crippen molar-refractivity contribution in [1.82, 2.24) is 9.80 Å². The van der Waals surface area contributed by atoms with Crippen LogP contribution in [0.1, 0.15) is 50.0 Å². The third-order valence-corrected chi connectivity index (χ3v) is 5.74. The van der Waals surface area contributed by atoms with Gasteiger partial charge in [-0.05, 0) is 42.1 Å². The third-order valence-electron chi connectivity index (χ3n) is 5.74. The van der Waals surface area contributed by atoms with Gasteiger partial charge in [-0.3, -0.25) is 19.3 Å². The highest BCUT2D eigenvalue weighted by Gasteiger charge is 2.38. The molecule has 0 spiro atoms. The summed E-state index contributed by atoms with van der Waals surface area (Å²) >= 11 is 0. The Morgan fingerprint density at radius 3 is 2.41 bits per heavy atom. The monoisotopic (exact) mass is 413 g/mol. The van der Waals surface area contributed by atoms with Gasteiger partial charge in [-0.25, -0.2) is 0 Å². The second-order valence-electron chi connectivity index (χ2n) is 7.93. The Bertz CT molecular complexity index is 963. The van der Waals surface area contributed by atoms with Crippen LogP contribution in [0, 0.1) is 5.41 Å². The Hall–Kier alpha value is -2.70. The van der Waals surface area contributed by atoms with Gasteiger partial charge in [-0.2, -0.15) is 0 Å². The molecule has 0 saturated carbocycles. The summed E-state index contributed by atoms with van der Waals surface area (Å²) in [5.74, 6) is -0.798. The molecule has 0 bridgehead atoms. The summed E-state index contributed by atoms with van der Waals surface area (Å²) in [5.41, 5.74) is 7.73. The molecule has 2 aromatic rings. The van der Waals surface area contributed by atoms with E-state index in [1.807, 2.05) is 30.3 Å². The van der Waals surface area contributed by atoms with Crippen LogP contribution in [-0.2, 0) is 6.54 Å². The number of fused-ring (bicyclic) bond motifs is 1. The van der Waals surface area contributed by atoms with Gasteiger partial charge >= 0.3 is 0 Å². The van der Waals surface area contributed by atoms with E-state index in [-0.39, 0.29) is 42.1 Å². The van der Waals surface area contributed by atoms with Crippen LogP contribution in [0.2, 0.25) is 0 Å². The Morgan fingerprint density at radius 1 is 1.07 bits per heavy atom. The number of hydrogen-bond acceptors (Lipinski definition) is 4. The second-order valence-corrected chi connectivity index (χ2v) is 7.93. The first-order chi connectivity index (χ1) is 13.4. The van der Waals surface area contributed by atoms with Gasteiger partial charge in [0, 0.05) is 18.7 Å². The quantitative estimate of drug-likeness (QED) is 0.781. The van der Waals surface area contributed by atoms with Crippen molar-refractivity contribution in [3.63, 3.8) is 0 Å². The van der Waals surface area contributed by atoms with Crippen LogP contribution in [-0.4, -0.2) is 47.2 Å². The predicted molar refractivity (Wildman–Crippen MR) is 112 cm³/mol. The smallest absolute Gasteiger partial charge is 0.261 e. The lowest BCUT2D eigenvalue weighted by Crippen LogP contribution is -2.34. The Labute approximate surface area is 176 Å². The van der Waals surface area contributed by atoms with E-state index in [9.17, 15) is 14.4 Å². The molecule has 7 heteroatoms. The number of amides is 3. The fraction of sp³-hybridized carbons (Fsp3) is 0.318. The molecular formula is C22H24ClN3O3. The van der Waals surface area contributed by atoms with E-state index in [4.69, 9.17) is 5.73 Å². The first-order valence-electron chi connectivity index (χ1n) is 9.45. The summed E-state index contributed by atoms with van der Waals surface area (Å²) in [6, 6.07) is 14.2. The van der Waals surface area contributed by atoms with Gasteiger partial charge in [0.15, 0.2) is 0 Å². The molecule has 3 amide bonds. The summed E-state index contributed by atoms with van der Waals surface area (Å²) in [6.07, 6.45) is 0.864. The molecule has 2 aliphatic heterocycles. The summed E-state index contributed by atoms with van der Waals surface area (Å²) < 4.78 is 0. The number of rotatable bonds is 4. The van der Waals surface area contributed by atoms with Crippen LogP contribution in [0.25, 0.3) is 0 Å². The number of carbonyl (C=O) groups excluding carboxylic acids is 3. The van der Waals surface area contributed by atoms with E-state index in [0.29, 0.717) is 36.3 Å². The molecular weight excluding hydrogens is 390 g/mol. The van der Waals surface area contributed by atoms with E-state index < -0.39 is 0 Å². The standard InChI is InChI=1S/C22H23N3O3.ClH/c1-22(13-23)9-10-24(14-22)19(26)16-7-8-17-18(11-16)21(28)25(20(17)27)12-15-5-3-2-4-6-15;/h2-8,11H,9-10,12-14,23H2,1H3;1H. The topological polar surface area (TPSA) is 83.7 Å². The fourth-order valence-electron chi connectivity index (χ4n) is 3.88. The van der Waals surface area contributed by atoms with E-state index in [0.717, 1.165) is 12.0 Å². The molecule has 6 nitrogen and oxygen atoms in total. The minimum absolute atomic E-state index is 0. The van der Waals surface area contributed by atoms with Crippen LogP contribution >= 0.6 is 12.4 Å². The Balaban J connectivity index is 0.00000240. The maximum Gasteiger partial charge on any atom is 0.261 e. The molecule has 1 fully saturated rings. The summed E-state index contributed by atoms with van der Waals surface area (Å²) in [7, 11) is 0. The predicted octanol–water partition coefficient (Wildman–Crippen LogP) is 2.72. The first kappa shape index (κ1) is 21.0. The Morgan fingerprint density at radius 2 is 1.76 bits per heavy atom.